The number of hydrogen-bond donors (Lipinski definition) is 0. The van der Waals surface area contributed by atoms with E-state index in [-0.39, 0.29) is 0 Å². The van der Waals surface area contributed by atoms with Gasteiger partial charge in [-0.3, -0.25) is 4.90 Å². The van der Waals surface area contributed by atoms with Crippen molar-refractivity contribution in [2.75, 3.05) is 31.1 Å². The van der Waals surface area contributed by atoms with E-state index in [2.05, 4.69) is 55.1 Å². The summed E-state index contributed by atoms with van der Waals surface area (Å²) in [6.07, 6.45) is 3.11. The molecule has 19 heavy (non-hydrogen) atoms. The van der Waals surface area contributed by atoms with Crippen molar-refractivity contribution in [3.63, 3.8) is 0 Å². The van der Waals surface area contributed by atoms with E-state index in [1.54, 1.807) is 12.7 Å². The van der Waals surface area contributed by atoms with Crippen LogP contribution in [0.5, 0.6) is 0 Å². The lowest BCUT2D eigenvalue weighted by Gasteiger charge is -2.34. The van der Waals surface area contributed by atoms with Crippen molar-refractivity contribution < 1.29 is 0 Å². The van der Waals surface area contributed by atoms with Crippen LogP contribution < -0.4 is 4.90 Å². The zero-order chi connectivity index (χ0) is 12.9. The standard InChI is InChI=1S/C14H17N5/c1-2-4-13(5-3-1)10-18-6-8-19(9-7-18)14-16-11-15-12-17-14/h1-5,11-12H,6-10H2. The normalized spacial score (nSPS) is 16.5. The summed E-state index contributed by atoms with van der Waals surface area (Å²) in [4.78, 5) is 16.9. The molecule has 2 heterocycles. The van der Waals surface area contributed by atoms with E-state index >= 15 is 0 Å². The van der Waals surface area contributed by atoms with Gasteiger partial charge in [0.1, 0.15) is 12.7 Å². The molecule has 0 aliphatic carbocycles. The highest BCUT2D eigenvalue weighted by Gasteiger charge is 2.18. The topological polar surface area (TPSA) is 45.2 Å². The Hall–Kier alpha value is -2.01. The van der Waals surface area contributed by atoms with Crippen LogP contribution in [0.15, 0.2) is 43.0 Å². The van der Waals surface area contributed by atoms with E-state index in [1.165, 1.54) is 5.56 Å². The number of rotatable bonds is 3. The van der Waals surface area contributed by atoms with Gasteiger partial charge in [0.05, 0.1) is 0 Å². The smallest absolute Gasteiger partial charge is 0.228 e. The second-order valence-corrected chi connectivity index (χ2v) is 4.69. The Morgan fingerprint density at radius 2 is 1.58 bits per heavy atom. The maximum atomic E-state index is 4.20. The quantitative estimate of drug-likeness (QED) is 0.824. The van der Waals surface area contributed by atoms with Gasteiger partial charge in [0.15, 0.2) is 0 Å². The molecule has 98 valence electrons. The number of piperazine rings is 1. The Kier molecular flexibility index (Phi) is 3.65. The third-order valence-corrected chi connectivity index (χ3v) is 3.38. The monoisotopic (exact) mass is 255 g/mol. The minimum absolute atomic E-state index is 0.786. The van der Waals surface area contributed by atoms with Gasteiger partial charge >= 0.3 is 0 Å². The van der Waals surface area contributed by atoms with Gasteiger partial charge in [0.2, 0.25) is 5.95 Å². The van der Waals surface area contributed by atoms with Crippen molar-refractivity contribution in [2.24, 2.45) is 0 Å². The maximum Gasteiger partial charge on any atom is 0.228 e. The highest BCUT2D eigenvalue weighted by molar-refractivity contribution is 5.28. The molecule has 1 aliphatic heterocycles. The van der Waals surface area contributed by atoms with Crippen molar-refractivity contribution in [3.05, 3.63) is 48.5 Å². The van der Waals surface area contributed by atoms with Crippen molar-refractivity contribution >= 4 is 5.95 Å². The van der Waals surface area contributed by atoms with Gasteiger partial charge in [0.25, 0.3) is 0 Å². The van der Waals surface area contributed by atoms with Gasteiger partial charge in [-0.15, -0.1) is 0 Å². The van der Waals surface area contributed by atoms with Crippen LogP contribution in [-0.2, 0) is 6.54 Å². The minimum Gasteiger partial charge on any atom is -0.338 e. The van der Waals surface area contributed by atoms with Crippen molar-refractivity contribution in [1.29, 1.82) is 0 Å². The summed E-state index contributed by atoms with van der Waals surface area (Å²) in [6.45, 7) is 5.04. The van der Waals surface area contributed by atoms with Gasteiger partial charge in [-0.25, -0.2) is 15.0 Å². The Morgan fingerprint density at radius 1 is 0.895 bits per heavy atom. The molecule has 0 atom stereocenters. The molecule has 2 aromatic rings. The average Bonchev–Trinajstić information content (AvgIpc) is 2.50. The first-order chi connectivity index (χ1) is 9.42. The summed E-state index contributed by atoms with van der Waals surface area (Å²) in [5.41, 5.74) is 1.37. The second kappa shape index (κ2) is 5.75. The van der Waals surface area contributed by atoms with E-state index in [0.717, 1.165) is 38.7 Å². The third kappa shape index (κ3) is 3.06. The SMILES string of the molecule is c1ccc(CN2CCN(c3ncncn3)CC2)cc1. The summed E-state index contributed by atoms with van der Waals surface area (Å²) in [6, 6.07) is 10.6. The van der Waals surface area contributed by atoms with Crippen molar-refractivity contribution in [1.82, 2.24) is 19.9 Å². The molecule has 3 rings (SSSR count). The zero-order valence-corrected chi connectivity index (χ0v) is 10.8. The molecule has 1 fully saturated rings. The molecule has 0 N–H and O–H groups in total. The predicted molar refractivity (Wildman–Crippen MR) is 73.8 cm³/mol. The molecule has 1 aromatic heterocycles. The first kappa shape index (κ1) is 12.0. The molecule has 0 saturated carbocycles. The number of benzene rings is 1. The highest BCUT2D eigenvalue weighted by atomic mass is 15.3. The number of nitrogens with zero attached hydrogens (tertiary/aromatic N) is 5. The van der Waals surface area contributed by atoms with Crippen LogP contribution >= 0.6 is 0 Å². The predicted octanol–water partition coefficient (Wildman–Crippen LogP) is 1.19. The first-order valence-corrected chi connectivity index (χ1v) is 6.55. The lowest BCUT2D eigenvalue weighted by Crippen LogP contribution is -2.46. The minimum atomic E-state index is 0.786. The maximum absolute atomic E-state index is 4.20. The molecule has 5 heteroatoms. The fourth-order valence-electron chi connectivity index (χ4n) is 2.34. The largest absolute Gasteiger partial charge is 0.338 e. The average molecular weight is 255 g/mol. The van der Waals surface area contributed by atoms with E-state index in [4.69, 9.17) is 0 Å². The Bertz CT molecular complexity index is 494. The van der Waals surface area contributed by atoms with Gasteiger partial charge < -0.3 is 4.90 Å². The molecule has 0 unspecified atom stereocenters. The molecule has 0 spiro atoms. The second-order valence-electron chi connectivity index (χ2n) is 4.69. The van der Waals surface area contributed by atoms with E-state index in [0.29, 0.717) is 0 Å². The third-order valence-electron chi connectivity index (χ3n) is 3.38. The first-order valence-electron chi connectivity index (χ1n) is 6.55. The van der Waals surface area contributed by atoms with E-state index in [9.17, 15) is 0 Å². The highest BCUT2D eigenvalue weighted by Crippen LogP contribution is 2.11. The fraction of sp³-hybridized carbons (Fsp3) is 0.357. The van der Waals surface area contributed by atoms with Crippen LogP contribution in [-0.4, -0.2) is 46.0 Å². The van der Waals surface area contributed by atoms with Crippen LogP contribution in [0.4, 0.5) is 5.95 Å². The summed E-state index contributed by atoms with van der Waals surface area (Å²) in [7, 11) is 0. The molecular formula is C14H17N5. The molecule has 1 saturated heterocycles. The number of hydrogen-bond acceptors (Lipinski definition) is 5. The van der Waals surface area contributed by atoms with E-state index < -0.39 is 0 Å². The molecule has 1 aliphatic rings. The molecule has 0 radical (unpaired) electrons. The lowest BCUT2D eigenvalue weighted by molar-refractivity contribution is 0.248. The van der Waals surface area contributed by atoms with Crippen molar-refractivity contribution in [3.8, 4) is 0 Å². The van der Waals surface area contributed by atoms with Gasteiger partial charge in [-0.2, -0.15) is 0 Å². The van der Waals surface area contributed by atoms with Crippen molar-refractivity contribution in [2.45, 2.75) is 6.54 Å². The summed E-state index contributed by atoms with van der Waals surface area (Å²) in [5.74, 6) is 0.786. The van der Waals surface area contributed by atoms with Gasteiger partial charge in [0, 0.05) is 32.7 Å². The fourth-order valence-corrected chi connectivity index (χ4v) is 2.34. The van der Waals surface area contributed by atoms with Gasteiger partial charge in [-0.1, -0.05) is 30.3 Å². The number of aromatic nitrogens is 3. The van der Waals surface area contributed by atoms with Crippen LogP contribution in [0.25, 0.3) is 0 Å². The molecule has 0 bridgehead atoms. The summed E-state index contributed by atoms with van der Waals surface area (Å²) < 4.78 is 0. The Morgan fingerprint density at radius 3 is 2.26 bits per heavy atom. The molecular weight excluding hydrogens is 238 g/mol. The molecule has 0 amide bonds. The zero-order valence-electron chi connectivity index (χ0n) is 10.8. The van der Waals surface area contributed by atoms with Gasteiger partial charge in [-0.05, 0) is 5.56 Å². The van der Waals surface area contributed by atoms with Crippen LogP contribution in [0.2, 0.25) is 0 Å². The Labute approximate surface area is 112 Å². The lowest BCUT2D eigenvalue weighted by atomic mass is 10.2. The summed E-state index contributed by atoms with van der Waals surface area (Å²) >= 11 is 0. The molecule has 1 aromatic carbocycles. The van der Waals surface area contributed by atoms with E-state index in [1.807, 2.05) is 0 Å². The summed E-state index contributed by atoms with van der Waals surface area (Å²) in [5, 5.41) is 0. The Balaban J connectivity index is 1.55. The van der Waals surface area contributed by atoms with Crippen LogP contribution in [0, 0.1) is 0 Å². The van der Waals surface area contributed by atoms with Crippen LogP contribution in [0.1, 0.15) is 5.56 Å². The molecule has 5 nitrogen and oxygen atoms in total. The number of anilines is 1. The van der Waals surface area contributed by atoms with Crippen LogP contribution in [0.3, 0.4) is 0 Å².